The Balaban J connectivity index is 1.50. The molecule has 0 aliphatic heterocycles. The Morgan fingerprint density at radius 1 is 0.932 bits per heavy atom. The minimum atomic E-state index is -2.75. The molecule has 2 saturated carbocycles. The summed E-state index contributed by atoms with van der Waals surface area (Å²) in [5, 5.41) is 24.8. The average molecular weight is 598 g/mol. The first-order valence-electron chi connectivity index (χ1n) is 14.6. The van der Waals surface area contributed by atoms with E-state index in [4.69, 9.17) is 5.73 Å². The fraction of sp³-hybridized carbons (Fsp3) is 0.382. The van der Waals surface area contributed by atoms with Gasteiger partial charge in [-0.1, -0.05) is 42.5 Å². The van der Waals surface area contributed by atoms with E-state index in [-0.39, 0.29) is 24.2 Å². The first kappa shape index (κ1) is 29.8. The van der Waals surface area contributed by atoms with Crippen molar-refractivity contribution in [3.63, 3.8) is 0 Å². The van der Waals surface area contributed by atoms with Crippen molar-refractivity contribution in [2.75, 3.05) is 28.2 Å². The van der Waals surface area contributed by atoms with Gasteiger partial charge in [0, 0.05) is 12.5 Å². The van der Waals surface area contributed by atoms with Crippen LogP contribution in [0.5, 0.6) is 5.75 Å². The molecule has 1 amide bonds. The van der Waals surface area contributed by atoms with Crippen LogP contribution in [0, 0.1) is 23.7 Å². The summed E-state index contributed by atoms with van der Waals surface area (Å²) in [5.41, 5.74) is 5.94. The summed E-state index contributed by atoms with van der Waals surface area (Å²) in [6.45, 7) is 0.726. The predicted molar refractivity (Wildman–Crippen MR) is 162 cm³/mol. The number of likely N-dealkylation sites (N-methyl/N-ethyl adjacent to an activating group) is 1. The zero-order valence-electron chi connectivity index (χ0n) is 25.0. The lowest BCUT2D eigenvalue weighted by Gasteiger charge is -2.52. The van der Waals surface area contributed by atoms with E-state index in [0.717, 1.165) is 34.0 Å². The molecule has 44 heavy (non-hydrogen) atoms. The summed E-state index contributed by atoms with van der Waals surface area (Å²) in [5.74, 6) is -10.6. The Labute approximate surface area is 254 Å². The zero-order valence-corrected chi connectivity index (χ0v) is 25.0. The van der Waals surface area contributed by atoms with Crippen molar-refractivity contribution in [2.24, 2.45) is 29.4 Å². The molecular weight excluding hydrogens is 562 g/mol. The first-order chi connectivity index (χ1) is 20.8. The van der Waals surface area contributed by atoms with Crippen molar-refractivity contribution in [3.05, 3.63) is 65.2 Å². The third kappa shape index (κ3) is 4.16. The number of rotatable bonds is 5. The molecular formula is C34H35N3O7. The van der Waals surface area contributed by atoms with Crippen molar-refractivity contribution in [3.8, 4) is 16.9 Å². The number of phenols is 1. The van der Waals surface area contributed by atoms with Gasteiger partial charge in [0.05, 0.1) is 17.5 Å². The second-order valence-electron chi connectivity index (χ2n) is 12.8. The third-order valence-corrected chi connectivity index (χ3v) is 9.74. The van der Waals surface area contributed by atoms with E-state index in [1.54, 1.807) is 20.2 Å². The number of Topliss-reactive ketones (excluding diaryl/α,β-unsaturated/α-hetero) is 4. The van der Waals surface area contributed by atoms with Crippen molar-refractivity contribution in [1.82, 2.24) is 9.80 Å². The molecule has 0 spiro atoms. The van der Waals surface area contributed by atoms with Crippen LogP contribution >= 0.6 is 0 Å². The van der Waals surface area contributed by atoms with Gasteiger partial charge in [-0.2, -0.15) is 0 Å². The Morgan fingerprint density at radius 2 is 1.59 bits per heavy atom. The predicted octanol–water partition coefficient (Wildman–Crippen LogP) is 1.75. The van der Waals surface area contributed by atoms with E-state index >= 15 is 0 Å². The van der Waals surface area contributed by atoms with Gasteiger partial charge in [0.2, 0.25) is 5.91 Å². The van der Waals surface area contributed by atoms with Gasteiger partial charge in [0.25, 0.3) is 0 Å². The number of carbonyl (C=O) groups excluding carboxylic acids is 5. The lowest BCUT2D eigenvalue weighted by atomic mass is 9.52. The summed E-state index contributed by atoms with van der Waals surface area (Å²) < 4.78 is 0. The molecule has 228 valence electrons. The smallest absolute Gasteiger partial charge is 0.235 e. The van der Waals surface area contributed by atoms with E-state index in [1.807, 2.05) is 50.5 Å². The van der Waals surface area contributed by atoms with Crippen molar-refractivity contribution >= 4 is 39.8 Å². The molecule has 0 bridgehead atoms. The van der Waals surface area contributed by atoms with Gasteiger partial charge in [0.15, 0.2) is 34.7 Å². The highest BCUT2D eigenvalue weighted by molar-refractivity contribution is 6.32. The van der Waals surface area contributed by atoms with Gasteiger partial charge in [0.1, 0.15) is 5.75 Å². The molecule has 0 heterocycles. The van der Waals surface area contributed by atoms with Crippen LogP contribution in [-0.4, -0.2) is 88.9 Å². The maximum Gasteiger partial charge on any atom is 0.235 e. The number of ketones is 4. The molecule has 3 aliphatic rings. The Kier molecular flexibility index (Phi) is 7.07. The van der Waals surface area contributed by atoms with Gasteiger partial charge in [-0.05, 0) is 86.0 Å². The summed E-state index contributed by atoms with van der Waals surface area (Å²) in [6, 6.07) is 14.1. The number of aromatic hydroxyl groups is 1. The monoisotopic (exact) mass is 597 g/mol. The van der Waals surface area contributed by atoms with E-state index in [9.17, 15) is 34.2 Å². The Morgan fingerprint density at radius 3 is 2.23 bits per heavy atom. The molecule has 4 N–H and O–H groups in total. The van der Waals surface area contributed by atoms with E-state index in [0.29, 0.717) is 5.56 Å². The molecule has 3 aromatic rings. The highest BCUT2D eigenvalue weighted by Crippen LogP contribution is 2.52. The highest BCUT2D eigenvalue weighted by atomic mass is 16.3. The Hall–Kier alpha value is -4.25. The number of phenolic OH excluding ortho intramolecular Hbond substituents is 1. The first-order valence-corrected chi connectivity index (χ1v) is 14.6. The van der Waals surface area contributed by atoms with Crippen molar-refractivity contribution in [2.45, 2.75) is 31.0 Å². The minimum Gasteiger partial charge on any atom is -0.507 e. The van der Waals surface area contributed by atoms with Crippen LogP contribution in [0.1, 0.15) is 27.9 Å². The maximum absolute atomic E-state index is 14.1. The second kappa shape index (κ2) is 10.4. The maximum atomic E-state index is 14.1. The molecule has 0 saturated heterocycles. The van der Waals surface area contributed by atoms with Gasteiger partial charge in [-0.15, -0.1) is 0 Å². The number of nitrogens with two attached hydrogens (primary N) is 1. The van der Waals surface area contributed by atoms with Crippen LogP contribution in [0.3, 0.4) is 0 Å². The molecule has 6 rings (SSSR count). The fourth-order valence-electron chi connectivity index (χ4n) is 7.93. The van der Waals surface area contributed by atoms with Crippen molar-refractivity contribution in [1.29, 1.82) is 0 Å². The highest BCUT2D eigenvalue weighted by Gasteiger charge is 2.69. The fourth-order valence-corrected chi connectivity index (χ4v) is 7.93. The lowest BCUT2D eigenvalue weighted by molar-refractivity contribution is -0.181. The average Bonchev–Trinajstić information content (AvgIpc) is 2.95. The van der Waals surface area contributed by atoms with Gasteiger partial charge >= 0.3 is 0 Å². The summed E-state index contributed by atoms with van der Waals surface area (Å²) >= 11 is 0. The summed E-state index contributed by atoms with van der Waals surface area (Å²) in [7, 11) is 7.12. The molecule has 2 unspecified atom stereocenters. The minimum absolute atomic E-state index is 0.00150. The summed E-state index contributed by atoms with van der Waals surface area (Å²) in [6.07, 6.45) is 0.199. The molecule has 10 heteroatoms. The number of nitrogens with zero attached hydrogens (tertiary/aromatic N) is 2. The van der Waals surface area contributed by atoms with E-state index in [2.05, 4.69) is 4.90 Å². The third-order valence-electron chi connectivity index (χ3n) is 9.74. The lowest BCUT2D eigenvalue weighted by Crippen LogP contribution is -2.74. The number of carbonyl (C=O) groups is 5. The topological polar surface area (TPSA) is 158 Å². The number of benzene rings is 3. The normalized spacial score (nSPS) is 28.3. The number of amides is 1. The van der Waals surface area contributed by atoms with E-state index in [1.165, 1.54) is 11.0 Å². The number of fused-ring (bicyclic) bond motifs is 4. The zero-order chi connectivity index (χ0) is 31.8. The molecule has 0 radical (unpaired) electrons. The van der Waals surface area contributed by atoms with Crippen LogP contribution in [0.25, 0.3) is 21.9 Å². The molecule has 3 aliphatic carbocycles. The standard InChI is InChI=1S/C34H35N3O7/c1-36(2)15-16-9-10-20(19-8-6-5-7-18(16)19)21-11-12-24(38)26-22(21)13-17-14-23-28(37(3)4)30(40)27(33(35)43)32(42)34(23,44)31(41)25(17)29(26)39/h5-12,17,23,25,27-28,38,44H,13-15H2,1-4H3,(H2,35,43)/t17-,23-,25?,27?,28-,34-/m1/s1. The molecule has 3 aromatic carbocycles. The van der Waals surface area contributed by atoms with Crippen LogP contribution in [0.4, 0.5) is 0 Å². The van der Waals surface area contributed by atoms with Crippen molar-refractivity contribution < 1.29 is 34.2 Å². The molecule has 10 nitrogen and oxygen atoms in total. The van der Waals surface area contributed by atoms with Gasteiger partial charge in [-0.3, -0.25) is 28.9 Å². The van der Waals surface area contributed by atoms with Crippen LogP contribution in [0.15, 0.2) is 48.5 Å². The summed E-state index contributed by atoms with van der Waals surface area (Å²) in [4.78, 5) is 70.8. The molecule has 0 aromatic heterocycles. The largest absolute Gasteiger partial charge is 0.507 e. The molecule has 2 fully saturated rings. The second-order valence-corrected chi connectivity index (χ2v) is 12.8. The van der Waals surface area contributed by atoms with Gasteiger partial charge < -0.3 is 20.8 Å². The number of hydrogen-bond acceptors (Lipinski definition) is 9. The molecule has 6 atom stereocenters. The quantitative estimate of drug-likeness (QED) is 0.373. The SMILES string of the molecule is CN(C)Cc1ccc(-c2ccc(O)c3c2C[C@@H]2C[C@@H]4[C@@H](N(C)C)C(=O)C(C(N)=O)C(=O)[C@]4(O)C(=O)C2C3=O)c2ccccc12. The van der Waals surface area contributed by atoms with Crippen LogP contribution < -0.4 is 5.73 Å². The van der Waals surface area contributed by atoms with Crippen LogP contribution in [0.2, 0.25) is 0 Å². The number of hydrogen-bond donors (Lipinski definition) is 3. The number of primary amides is 1. The number of aliphatic hydroxyl groups is 1. The van der Waals surface area contributed by atoms with E-state index < -0.39 is 64.4 Å². The Bertz CT molecular complexity index is 1780. The van der Waals surface area contributed by atoms with Gasteiger partial charge in [-0.25, -0.2) is 0 Å². The van der Waals surface area contributed by atoms with Crippen LogP contribution in [-0.2, 0) is 32.1 Å².